The Hall–Kier alpha value is -0.380. The third-order valence-corrected chi connectivity index (χ3v) is 3.81. The first kappa shape index (κ1) is 12.1. The van der Waals surface area contributed by atoms with E-state index in [4.69, 9.17) is 11.6 Å². The van der Waals surface area contributed by atoms with Crippen LogP contribution in [0.5, 0.6) is 0 Å². The smallest absolute Gasteiger partial charge is 0.132 e. The second-order valence-electron chi connectivity index (χ2n) is 3.19. The van der Waals surface area contributed by atoms with Crippen LogP contribution in [0.3, 0.4) is 0 Å². The minimum Gasteiger partial charge on any atom is -0.206 e. The molecule has 0 aliphatic heterocycles. The number of halogens is 4. The average Bonchev–Trinajstić information content (AvgIpc) is 2.21. The summed E-state index contributed by atoms with van der Waals surface area (Å²) in [7, 11) is 0. The Bertz CT molecular complexity index is 451. The van der Waals surface area contributed by atoms with Crippen molar-refractivity contribution in [2.45, 2.75) is 0 Å². The van der Waals surface area contributed by atoms with Crippen molar-refractivity contribution in [1.82, 2.24) is 0 Å². The minimum absolute atomic E-state index is 0.333. The number of benzene rings is 2. The van der Waals surface area contributed by atoms with Gasteiger partial charge in [0.05, 0.1) is 5.02 Å². The Kier molecular flexibility index (Phi) is 3.67. The molecule has 4 heteroatoms. The van der Waals surface area contributed by atoms with Crippen LogP contribution in [0.1, 0.15) is 0 Å². The second kappa shape index (κ2) is 4.86. The zero-order valence-electron chi connectivity index (χ0n) is 7.98. The zero-order valence-corrected chi connectivity index (χ0v) is 11.9. The summed E-state index contributed by atoms with van der Waals surface area (Å²) in [5.74, 6) is -0.333. The second-order valence-corrected chi connectivity index (χ2v) is 5.31. The van der Waals surface area contributed by atoms with Gasteiger partial charge in [0.25, 0.3) is 0 Å². The van der Waals surface area contributed by atoms with Crippen molar-refractivity contribution < 1.29 is 4.39 Å². The highest BCUT2D eigenvalue weighted by Gasteiger charge is 2.15. The summed E-state index contributed by atoms with van der Waals surface area (Å²) in [4.78, 5) is 0. The summed E-state index contributed by atoms with van der Waals surface area (Å²) in [5.41, 5.74) is 1.13. The Labute approximate surface area is 115 Å². The van der Waals surface area contributed by atoms with Crippen molar-refractivity contribution in [3.05, 3.63) is 56.2 Å². The van der Waals surface area contributed by atoms with Gasteiger partial charge in [0.15, 0.2) is 0 Å². The van der Waals surface area contributed by atoms with Crippen molar-refractivity contribution in [2.24, 2.45) is 0 Å². The van der Waals surface area contributed by atoms with Gasteiger partial charge in [-0.05, 0) is 24.3 Å². The molecular formula is C12H6Br2ClF. The molecule has 0 bridgehead atoms. The molecule has 2 rings (SSSR count). The van der Waals surface area contributed by atoms with Crippen molar-refractivity contribution in [3.63, 3.8) is 0 Å². The van der Waals surface area contributed by atoms with Gasteiger partial charge in [-0.2, -0.15) is 0 Å². The van der Waals surface area contributed by atoms with E-state index in [0.29, 0.717) is 10.6 Å². The summed E-state index contributed by atoms with van der Waals surface area (Å²) in [6.45, 7) is 0. The Morgan fingerprint density at radius 3 is 2.00 bits per heavy atom. The fourth-order valence-electron chi connectivity index (χ4n) is 1.47. The number of hydrogen-bond acceptors (Lipinski definition) is 0. The van der Waals surface area contributed by atoms with E-state index in [-0.39, 0.29) is 5.82 Å². The summed E-state index contributed by atoms with van der Waals surface area (Å²) in [6, 6.07) is 10.2. The molecule has 2 aromatic rings. The molecule has 0 amide bonds. The lowest BCUT2D eigenvalue weighted by atomic mass is 10.1. The van der Waals surface area contributed by atoms with Crippen LogP contribution >= 0.6 is 43.5 Å². The molecule has 0 saturated carbocycles. The topological polar surface area (TPSA) is 0 Å². The van der Waals surface area contributed by atoms with E-state index < -0.39 is 0 Å². The molecule has 0 fully saturated rings. The molecular weight excluding hydrogens is 358 g/mol. The van der Waals surface area contributed by atoms with Crippen LogP contribution in [0.15, 0.2) is 45.3 Å². The molecule has 0 N–H and O–H groups in total. The minimum atomic E-state index is -0.333. The van der Waals surface area contributed by atoms with Crippen LogP contribution in [-0.2, 0) is 0 Å². The number of hydrogen-bond donors (Lipinski definition) is 0. The summed E-state index contributed by atoms with van der Waals surface area (Å²) >= 11 is 12.8. The third-order valence-electron chi connectivity index (χ3n) is 2.18. The summed E-state index contributed by atoms with van der Waals surface area (Å²) in [5, 5.41) is 0.396. The molecule has 0 aromatic heterocycles. The molecule has 0 saturated heterocycles. The first-order chi connectivity index (χ1) is 7.61. The fourth-order valence-corrected chi connectivity index (χ4v) is 3.13. The first-order valence-corrected chi connectivity index (χ1v) is 6.46. The molecule has 0 aliphatic rings. The summed E-state index contributed by atoms with van der Waals surface area (Å²) in [6.07, 6.45) is 0. The predicted molar refractivity (Wildman–Crippen MR) is 72.2 cm³/mol. The third kappa shape index (κ3) is 2.17. The first-order valence-electron chi connectivity index (χ1n) is 4.49. The maximum absolute atomic E-state index is 13.8. The molecule has 0 radical (unpaired) electrons. The van der Waals surface area contributed by atoms with Crippen molar-refractivity contribution in [3.8, 4) is 11.1 Å². The van der Waals surface area contributed by atoms with Crippen LogP contribution in [0.25, 0.3) is 11.1 Å². The van der Waals surface area contributed by atoms with Gasteiger partial charge in [-0.1, -0.05) is 55.6 Å². The van der Waals surface area contributed by atoms with Gasteiger partial charge < -0.3 is 0 Å². The molecule has 16 heavy (non-hydrogen) atoms. The summed E-state index contributed by atoms with van der Waals surface area (Å²) < 4.78 is 15.4. The highest BCUT2D eigenvalue weighted by atomic mass is 79.9. The maximum atomic E-state index is 13.8. The van der Waals surface area contributed by atoms with Gasteiger partial charge in [-0.3, -0.25) is 0 Å². The largest absolute Gasteiger partial charge is 0.206 e. The van der Waals surface area contributed by atoms with Crippen LogP contribution < -0.4 is 0 Å². The predicted octanol–water partition coefficient (Wildman–Crippen LogP) is 5.67. The van der Waals surface area contributed by atoms with E-state index in [1.165, 1.54) is 6.07 Å². The van der Waals surface area contributed by atoms with E-state index in [1.807, 2.05) is 18.2 Å². The van der Waals surface area contributed by atoms with Gasteiger partial charge in [0.2, 0.25) is 0 Å². The molecule has 0 unspecified atom stereocenters. The van der Waals surface area contributed by atoms with Crippen LogP contribution in [0, 0.1) is 5.82 Å². The molecule has 2 aromatic carbocycles. The van der Waals surface area contributed by atoms with Crippen LogP contribution in [-0.4, -0.2) is 0 Å². The van der Waals surface area contributed by atoms with E-state index in [0.717, 1.165) is 14.5 Å². The fraction of sp³-hybridized carbons (Fsp3) is 0. The van der Waals surface area contributed by atoms with Crippen molar-refractivity contribution >= 4 is 43.5 Å². The molecule has 0 atom stereocenters. The van der Waals surface area contributed by atoms with Crippen LogP contribution in [0.4, 0.5) is 4.39 Å². The Morgan fingerprint density at radius 1 is 0.875 bits per heavy atom. The Balaban J connectivity index is 2.77. The van der Waals surface area contributed by atoms with Gasteiger partial charge in [0, 0.05) is 20.1 Å². The molecule has 0 heterocycles. The SMILES string of the molecule is Fc1cccc(Cl)c1-c1c(Br)cccc1Br. The van der Waals surface area contributed by atoms with Gasteiger partial charge in [-0.25, -0.2) is 4.39 Å². The standard InChI is InChI=1S/C12H6Br2ClF/c13-7-3-1-4-8(14)11(7)12-9(15)5-2-6-10(12)16/h1-6H. The lowest BCUT2D eigenvalue weighted by Crippen LogP contribution is -1.88. The van der Waals surface area contributed by atoms with Crippen molar-refractivity contribution in [2.75, 3.05) is 0 Å². The monoisotopic (exact) mass is 362 g/mol. The molecule has 0 nitrogen and oxygen atoms in total. The van der Waals surface area contributed by atoms with Crippen molar-refractivity contribution in [1.29, 1.82) is 0 Å². The van der Waals surface area contributed by atoms with E-state index in [2.05, 4.69) is 31.9 Å². The van der Waals surface area contributed by atoms with E-state index in [1.54, 1.807) is 12.1 Å². The quantitative estimate of drug-likeness (QED) is 0.611. The van der Waals surface area contributed by atoms with E-state index >= 15 is 0 Å². The normalized spacial score (nSPS) is 10.5. The van der Waals surface area contributed by atoms with Gasteiger partial charge in [0.1, 0.15) is 5.82 Å². The molecule has 0 aliphatic carbocycles. The highest BCUT2D eigenvalue weighted by molar-refractivity contribution is 9.11. The molecule has 82 valence electrons. The lowest BCUT2D eigenvalue weighted by molar-refractivity contribution is 0.631. The van der Waals surface area contributed by atoms with Gasteiger partial charge in [-0.15, -0.1) is 0 Å². The zero-order chi connectivity index (χ0) is 11.7. The average molecular weight is 364 g/mol. The van der Waals surface area contributed by atoms with Crippen LogP contribution in [0.2, 0.25) is 5.02 Å². The van der Waals surface area contributed by atoms with Gasteiger partial charge >= 0.3 is 0 Å². The maximum Gasteiger partial charge on any atom is 0.132 e. The Morgan fingerprint density at radius 2 is 1.44 bits per heavy atom. The highest BCUT2D eigenvalue weighted by Crippen LogP contribution is 2.39. The van der Waals surface area contributed by atoms with E-state index in [9.17, 15) is 4.39 Å². The lowest BCUT2D eigenvalue weighted by Gasteiger charge is -2.10. The molecule has 0 spiro atoms. The number of rotatable bonds is 1.